The van der Waals surface area contributed by atoms with Crippen LogP contribution in [0.25, 0.3) is 11.5 Å². The quantitative estimate of drug-likeness (QED) is 0.644. The van der Waals surface area contributed by atoms with E-state index in [1.54, 1.807) is 31.4 Å². The lowest BCUT2D eigenvalue weighted by atomic mass is 10.2. The molecule has 3 aromatic rings. The first kappa shape index (κ1) is 19.9. The molecule has 1 atom stereocenters. The zero-order valence-corrected chi connectivity index (χ0v) is 16.6. The fourth-order valence-corrected chi connectivity index (χ4v) is 2.79. The molecule has 0 aliphatic rings. The standard InChI is InChI=1S/C20H21ClN4O3/c1-13(19-23-24-20(28-19)14-6-4-7-15(21)10-14)25(2)12-18(26)22-16-8-5-9-17(11-16)27-3/h4-11,13H,12H2,1-3H3,(H,22,26)/t13-/m1/s1. The Labute approximate surface area is 168 Å². The van der Waals surface area contributed by atoms with Gasteiger partial charge in [-0.15, -0.1) is 10.2 Å². The van der Waals surface area contributed by atoms with E-state index >= 15 is 0 Å². The fraction of sp³-hybridized carbons (Fsp3) is 0.250. The molecule has 1 amide bonds. The second-order valence-electron chi connectivity index (χ2n) is 6.33. The van der Waals surface area contributed by atoms with E-state index in [0.29, 0.717) is 28.2 Å². The maximum atomic E-state index is 12.3. The molecule has 0 aliphatic heterocycles. The number of likely N-dealkylation sites (N-methyl/N-ethyl adjacent to an activating group) is 1. The predicted molar refractivity (Wildman–Crippen MR) is 107 cm³/mol. The Morgan fingerprint density at radius 2 is 2.04 bits per heavy atom. The van der Waals surface area contributed by atoms with E-state index in [9.17, 15) is 4.79 Å². The second kappa shape index (κ2) is 8.86. The summed E-state index contributed by atoms with van der Waals surface area (Å²) in [5.41, 5.74) is 1.42. The van der Waals surface area contributed by atoms with Crippen LogP contribution in [-0.2, 0) is 4.79 Å². The van der Waals surface area contributed by atoms with Crippen molar-refractivity contribution in [1.29, 1.82) is 0 Å². The van der Waals surface area contributed by atoms with Gasteiger partial charge >= 0.3 is 0 Å². The van der Waals surface area contributed by atoms with Gasteiger partial charge in [-0.05, 0) is 44.3 Å². The number of anilines is 1. The number of carbonyl (C=O) groups is 1. The largest absolute Gasteiger partial charge is 0.497 e. The molecule has 0 saturated carbocycles. The smallest absolute Gasteiger partial charge is 0.247 e. The number of hydrogen-bond donors (Lipinski definition) is 1. The van der Waals surface area contributed by atoms with Gasteiger partial charge in [-0.2, -0.15) is 0 Å². The van der Waals surface area contributed by atoms with E-state index in [1.807, 2.05) is 43.1 Å². The van der Waals surface area contributed by atoms with E-state index in [0.717, 1.165) is 5.56 Å². The van der Waals surface area contributed by atoms with Crippen LogP contribution < -0.4 is 10.1 Å². The molecule has 2 aromatic carbocycles. The van der Waals surface area contributed by atoms with E-state index in [1.165, 1.54) is 0 Å². The Bertz CT molecular complexity index is 960. The molecule has 0 saturated heterocycles. The first-order chi connectivity index (χ1) is 13.5. The van der Waals surface area contributed by atoms with Crippen LogP contribution in [0.5, 0.6) is 5.75 Å². The molecule has 0 spiro atoms. The van der Waals surface area contributed by atoms with Crippen LogP contribution in [0.1, 0.15) is 18.9 Å². The highest BCUT2D eigenvalue weighted by Gasteiger charge is 2.21. The minimum atomic E-state index is -0.239. The number of carbonyl (C=O) groups excluding carboxylic acids is 1. The maximum absolute atomic E-state index is 12.3. The van der Waals surface area contributed by atoms with Crippen molar-refractivity contribution in [1.82, 2.24) is 15.1 Å². The Morgan fingerprint density at radius 3 is 2.79 bits per heavy atom. The van der Waals surface area contributed by atoms with Gasteiger partial charge in [0, 0.05) is 22.3 Å². The highest BCUT2D eigenvalue weighted by atomic mass is 35.5. The Balaban J connectivity index is 1.62. The van der Waals surface area contributed by atoms with Crippen LogP contribution in [0.3, 0.4) is 0 Å². The van der Waals surface area contributed by atoms with Crippen molar-refractivity contribution in [2.45, 2.75) is 13.0 Å². The lowest BCUT2D eigenvalue weighted by Gasteiger charge is -2.21. The number of benzene rings is 2. The number of ether oxygens (including phenoxy) is 1. The average molecular weight is 401 g/mol. The van der Waals surface area contributed by atoms with Crippen molar-refractivity contribution in [2.24, 2.45) is 0 Å². The molecule has 146 valence electrons. The van der Waals surface area contributed by atoms with Gasteiger partial charge in [-0.3, -0.25) is 9.69 Å². The van der Waals surface area contributed by atoms with Gasteiger partial charge < -0.3 is 14.5 Å². The Hall–Kier alpha value is -2.90. The van der Waals surface area contributed by atoms with Gasteiger partial charge in [0.25, 0.3) is 0 Å². The second-order valence-corrected chi connectivity index (χ2v) is 6.76. The third-order valence-electron chi connectivity index (χ3n) is 4.28. The molecule has 8 heteroatoms. The van der Waals surface area contributed by atoms with E-state index < -0.39 is 0 Å². The van der Waals surface area contributed by atoms with Gasteiger partial charge in [-0.1, -0.05) is 23.7 Å². The first-order valence-electron chi connectivity index (χ1n) is 8.69. The summed E-state index contributed by atoms with van der Waals surface area (Å²) in [5, 5.41) is 11.6. The molecule has 0 fully saturated rings. The molecule has 1 aromatic heterocycles. The van der Waals surface area contributed by atoms with E-state index in [-0.39, 0.29) is 18.5 Å². The maximum Gasteiger partial charge on any atom is 0.247 e. The number of nitrogens with one attached hydrogen (secondary N) is 1. The van der Waals surface area contributed by atoms with Crippen molar-refractivity contribution >= 4 is 23.2 Å². The van der Waals surface area contributed by atoms with Gasteiger partial charge in [-0.25, -0.2) is 0 Å². The molecule has 3 rings (SSSR count). The van der Waals surface area contributed by atoms with Crippen LogP contribution in [0.4, 0.5) is 5.69 Å². The lowest BCUT2D eigenvalue weighted by molar-refractivity contribution is -0.117. The molecule has 0 radical (unpaired) electrons. The molecule has 28 heavy (non-hydrogen) atoms. The Morgan fingerprint density at radius 1 is 1.25 bits per heavy atom. The average Bonchev–Trinajstić information content (AvgIpc) is 3.17. The third-order valence-corrected chi connectivity index (χ3v) is 4.51. The number of methoxy groups -OCH3 is 1. The summed E-state index contributed by atoms with van der Waals surface area (Å²) in [5.74, 6) is 1.33. The van der Waals surface area contributed by atoms with Crippen LogP contribution in [-0.4, -0.2) is 41.7 Å². The summed E-state index contributed by atoms with van der Waals surface area (Å²) in [6.45, 7) is 2.06. The van der Waals surface area contributed by atoms with Crippen LogP contribution >= 0.6 is 11.6 Å². The van der Waals surface area contributed by atoms with Crippen LogP contribution in [0.2, 0.25) is 5.02 Å². The van der Waals surface area contributed by atoms with Gasteiger partial charge in [0.15, 0.2) is 0 Å². The first-order valence-corrected chi connectivity index (χ1v) is 9.07. The van der Waals surface area contributed by atoms with Crippen molar-refractivity contribution in [2.75, 3.05) is 26.0 Å². The van der Waals surface area contributed by atoms with E-state index in [2.05, 4.69) is 15.5 Å². The SMILES string of the molecule is COc1cccc(NC(=O)CN(C)[C@H](C)c2nnc(-c3cccc(Cl)c3)o2)c1. The van der Waals surface area contributed by atoms with E-state index in [4.69, 9.17) is 20.8 Å². The fourth-order valence-electron chi connectivity index (χ4n) is 2.59. The highest BCUT2D eigenvalue weighted by molar-refractivity contribution is 6.30. The van der Waals surface area contributed by atoms with Crippen molar-refractivity contribution in [3.63, 3.8) is 0 Å². The van der Waals surface area contributed by atoms with Gasteiger partial charge in [0.2, 0.25) is 17.7 Å². The minimum absolute atomic E-state index is 0.155. The molecule has 7 nitrogen and oxygen atoms in total. The van der Waals surface area contributed by atoms with Gasteiger partial charge in [0.05, 0.1) is 19.7 Å². The van der Waals surface area contributed by atoms with Crippen molar-refractivity contribution in [3.05, 3.63) is 59.4 Å². The molecular formula is C20H21ClN4O3. The minimum Gasteiger partial charge on any atom is -0.497 e. The number of nitrogens with zero attached hydrogens (tertiary/aromatic N) is 3. The van der Waals surface area contributed by atoms with Gasteiger partial charge in [0.1, 0.15) is 5.75 Å². The molecule has 0 unspecified atom stereocenters. The molecule has 1 heterocycles. The molecule has 0 aliphatic carbocycles. The monoisotopic (exact) mass is 400 g/mol. The molecule has 1 N–H and O–H groups in total. The normalized spacial score (nSPS) is 12.0. The Kier molecular flexibility index (Phi) is 6.28. The number of hydrogen-bond acceptors (Lipinski definition) is 6. The number of rotatable bonds is 7. The number of halogens is 1. The summed E-state index contributed by atoms with van der Waals surface area (Å²) < 4.78 is 10.9. The summed E-state index contributed by atoms with van der Waals surface area (Å²) in [4.78, 5) is 14.2. The third kappa shape index (κ3) is 4.88. The summed E-state index contributed by atoms with van der Waals surface area (Å²) in [6.07, 6.45) is 0. The van der Waals surface area contributed by atoms with Crippen molar-refractivity contribution in [3.8, 4) is 17.2 Å². The lowest BCUT2D eigenvalue weighted by Crippen LogP contribution is -2.32. The number of aromatic nitrogens is 2. The zero-order valence-electron chi connectivity index (χ0n) is 15.8. The molecular weight excluding hydrogens is 380 g/mol. The zero-order chi connectivity index (χ0) is 20.1. The van der Waals surface area contributed by atoms with Crippen LogP contribution in [0, 0.1) is 0 Å². The van der Waals surface area contributed by atoms with Crippen molar-refractivity contribution < 1.29 is 13.9 Å². The number of amides is 1. The summed E-state index contributed by atoms with van der Waals surface area (Å²) in [7, 11) is 3.40. The molecule has 0 bridgehead atoms. The highest BCUT2D eigenvalue weighted by Crippen LogP contribution is 2.25. The topological polar surface area (TPSA) is 80.5 Å². The predicted octanol–water partition coefficient (Wildman–Crippen LogP) is 4.03. The summed E-state index contributed by atoms with van der Waals surface area (Å²) >= 11 is 6.01. The van der Waals surface area contributed by atoms with Crippen LogP contribution in [0.15, 0.2) is 52.9 Å². The summed E-state index contributed by atoms with van der Waals surface area (Å²) in [6, 6.07) is 14.2.